The van der Waals surface area contributed by atoms with Crippen molar-refractivity contribution in [1.29, 1.82) is 0 Å². The second-order valence-corrected chi connectivity index (χ2v) is 8.07. The van der Waals surface area contributed by atoms with E-state index in [0.717, 1.165) is 16.2 Å². The fraction of sp³-hybridized carbons (Fsp3) is 0.545. The van der Waals surface area contributed by atoms with Crippen molar-refractivity contribution in [2.24, 2.45) is 0 Å². The summed E-state index contributed by atoms with van der Waals surface area (Å²) < 4.78 is 26.1. The van der Waals surface area contributed by atoms with E-state index in [1.807, 2.05) is 20.8 Å². The lowest BCUT2D eigenvalue weighted by Gasteiger charge is -2.15. The van der Waals surface area contributed by atoms with Crippen LogP contribution < -0.4 is 4.72 Å². The Hall–Kier alpha value is -0.920. The summed E-state index contributed by atoms with van der Waals surface area (Å²) in [6.45, 7) is 7.26. The zero-order valence-corrected chi connectivity index (χ0v) is 12.4. The zero-order valence-electron chi connectivity index (χ0n) is 10.7. The van der Waals surface area contributed by atoms with Gasteiger partial charge in [0.05, 0.1) is 0 Å². The molecule has 0 saturated heterocycles. The first-order valence-electron chi connectivity index (χ1n) is 5.39. The number of sulfonamides is 1. The Balaban J connectivity index is 3.00. The molecule has 0 bridgehead atoms. The molecule has 7 heteroatoms. The second kappa shape index (κ2) is 4.99. The fourth-order valence-electron chi connectivity index (χ4n) is 1.21. The van der Waals surface area contributed by atoms with Gasteiger partial charge in [0.2, 0.25) is 0 Å². The SMILES string of the molecule is CC(NS(=O)(=O)c1ccc(C(C)(C)C)s1)C(=O)O. The first kappa shape index (κ1) is 15.1. The Kier molecular flexibility index (Phi) is 4.19. The van der Waals surface area contributed by atoms with E-state index in [9.17, 15) is 13.2 Å². The van der Waals surface area contributed by atoms with Gasteiger partial charge in [-0.05, 0) is 24.5 Å². The molecule has 1 aromatic heterocycles. The Morgan fingerprint density at radius 1 is 1.39 bits per heavy atom. The maximum atomic E-state index is 11.9. The zero-order chi connectivity index (χ0) is 14.1. The molecule has 18 heavy (non-hydrogen) atoms. The summed E-state index contributed by atoms with van der Waals surface area (Å²) in [5.74, 6) is -1.20. The van der Waals surface area contributed by atoms with Crippen molar-refractivity contribution in [2.45, 2.75) is 43.4 Å². The number of rotatable bonds is 4. The summed E-state index contributed by atoms with van der Waals surface area (Å²) in [4.78, 5) is 11.6. The van der Waals surface area contributed by atoms with Crippen LogP contribution in [0.5, 0.6) is 0 Å². The summed E-state index contributed by atoms with van der Waals surface area (Å²) in [5, 5.41) is 8.70. The first-order chi connectivity index (χ1) is 8.04. The van der Waals surface area contributed by atoms with E-state index in [2.05, 4.69) is 4.72 Å². The number of carboxylic acid groups (broad SMARTS) is 1. The molecule has 1 atom stereocenters. The van der Waals surface area contributed by atoms with Crippen LogP contribution in [0.2, 0.25) is 0 Å². The molecule has 102 valence electrons. The normalized spacial score (nSPS) is 14.4. The van der Waals surface area contributed by atoms with Gasteiger partial charge in [0.25, 0.3) is 10.0 Å². The second-order valence-electron chi connectivity index (χ2n) is 5.05. The van der Waals surface area contributed by atoms with Crippen LogP contribution in [0.1, 0.15) is 32.6 Å². The summed E-state index contributed by atoms with van der Waals surface area (Å²) in [7, 11) is -3.76. The van der Waals surface area contributed by atoms with Gasteiger partial charge in [-0.3, -0.25) is 4.79 Å². The minimum atomic E-state index is -3.76. The van der Waals surface area contributed by atoms with E-state index in [1.54, 1.807) is 6.07 Å². The van der Waals surface area contributed by atoms with Crippen molar-refractivity contribution >= 4 is 27.3 Å². The van der Waals surface area contributed by atoms with E-state index in [4.69, 9.17) is 5.11 Å². The van der Waals surface area contributed by atoms with Gasteiger partial charge in [-0.25, -0.2) is 8.42 Å². The van der Waals surface area contributed by atoms with Crippen molar-refractivity contribution in [3.05, 3.63) is 17.0 Å². The van der Waals surface area contributed by atoms with Gasteiger partial charge in [0.1, 0.15) is 10.3 Å². The Labute approximate surface area is 111 Å². The molecule has 1 rings (SSSR count). The van der Waals surface area contributed by atoms with Gasteiger partial charge in [0, 0.05) is 4.88 Å². The Bertz CT molecular complexity index is 540. The maximum absolute atomic E-state index is 11.9. The molecule has 0 aromatic carbocycles. The number of hydrogen-bond donors (Lipinski definition) is 2. The number of aliphatic carboxylic acids is 1. The largest absolute Gasteiger partial charge is 0.480 e. The molecule has 0 aliphatic rings. The van der Waals surface area contributed by atoms with Crippen LogP contribution >= 0.6 is 11.3 Å². The molecular weight excluding hydrogens is 274 g/mol. The number of nitrogens with one attached hydrogen (secondary N) is 1. The third-order valence-corrected chi connectivity index (χ3v) is 5.83. The highest BCUT2D eigenvalue weighted by Crippen LogP contribution is 2.31. The van der Waals surface area contributed by atoms with Crippen LogP contribution in [0.4, 0.5) is 0 Å². The van der Waals surface area contributed by atoms with Crippen LogP contribution in [-0.4, -0.2) is 25.5 Å². The van der Waals surface area contributed by atoms with Gasteiger partial charge in [-0.1, -0.05) is 20.8 Å². The number of carboxylic acids is 1. The molecule has 5 nitrogen and oxygen atoms in total. The predicted molar refractivity (Wildman–Crippen MR) is 70.4 cm³/mol. The fourth-order valence-corrected chi connectivity index (χ4v) is 3.79. The molecule has 0 aliphatic carbocycles. The standard InChI is InChI=1S/C11H17NO4S2/c1-7(10(13)14)12-18(15,16)9-6-5-8(17-9)11(2,3)4/h5-7,12H,1-4H3,(H,13,14). The Morgan fingerprint density at radius 3 is 2.33 bits per heavy atom. The summed E-state index contributed by atoms with van der Waals surface area (Å²) >= 11 is 1.16. The molecule has 2 N–H and O–H groups in total. The van der Waals surface area contributed by atoms with Gasteiger partial charge >= 0.3 is 5.97 Å². The summed E-state index contributed by atoms with van der Waals surface area (Å²) in [5.41, 5.74) is -0.128. The minimum Gasteiger partial charge on any atom is -0.480 e. The van der Waals surface area contributed by atoms with Crippen LogP contribution in [0.15, 0.2) is 16.3 Å². The lowest BCUT2D eigenvalue weighted by molar-refractivity contribution is -0.138. The minimum absolute atomic E-state index is 0.128. The predicted octanol–water partition coefficient (Wildman–Crippen LogP) is 1.80. The topological polar surface area (TPSA) is 83.5 Å². The first-order valence-corrected chi connectivity index (χ1v) is 7.69. The molecule has 0 radical (unpaired) electrons. The maximum Gasteiger partial charge on any atom is 0.321 e. The average molecular weight is 291 g/mol. The van der Waals surface area contributed by atoms with Crippen molar-refractivity contribution in [3.63, 3.8) is 0 Å². The molecule has 0 aliphatic heterocycles. The third-order valence-electron chi connectivity index (χ3n) is 2.29. The number of thiophene rings is 1. The van der Waals surface area contributed by atoms with Gasteiger partial charge in [-0.15, -0.1) is 11.3 Å². The average Bonchev–Trinajstić information content (AvgIpc) is 2.64. The van der Waals surface area contributed by atoms with Crippen molar-refractivity contribution in [3.8, 4) is 0 Å². The van der Waals surface area contributed by atoms with Crippen LogP contribution in [0.25, 0.3) is 0 Å². The van der Waals surface area contributed by atoms with Crippen LogP contribution in [0, 0.1) is 0 Å². The van der Waals surface area contributed by atoms with E-state index in [1.165, 1.54) is 13.0 Å². The highest BCUT2D eigenvalue weighted by molar-refractivity contribution is 7.91. The monoisotopic (exact) mass is 291 g/mol. The number of hydrogen-bond acceptors (Lipinski definition) is 4. The lowest BCUT2D eigenvalue weighted by Crippen LogP contribution is -2.37. The molecule has 1 heterocycles. The molecule has 0 amide bonds. The van der Waals surface area contributed by atoms with Crippen molar-refractivity contribution in [1.82, 2.24) is 4.72 Å². The van der Waals surface area contributed by atoms with Crippen molar-refractivity contribution in [2.75, 3.05) is 0 Å². The molecule has 0 fully saturated rings. The highest BCUT2D eigenvalue weighted by Gasteiger charge is 2.25. The molecule has 1 aromatic rings. The van der Waals surface area contributed by atoms with E-state index in [-0.39, 0.29) is 9.62 Å². The third kappa shape index (κ3) is 3.54. The van der Waals surface area contributed by atoms with E-state index >= 15 is 0 Å². The van der Waals surface area contributed by atoms with E-state index < -0.39 is 22.0 Å². The van der Waals surface area contributed by atoms with Crippen LogP contribution in [0.3, 0.4) is 0 Å². The van der Waals surface area contributed by atoms with Crippen LogP contribution in [-0.2, 0) is 20.2 Å². The molecule has 0 saturated carbocycles. The van der Waals surface area contributed by atoms with Gasteiger partial charge in [-0.2, -0.15) is 4.72 Å². The summed E-state index contributed by atoms with van der Waals surface area (Å²) in [6.07, 6.45) is 0. The highest BCUT2D eigenvalue weighted by atomic mass is 32.2. The van der Waals surface area contributed by atoms with Gasteiger partial charge in [0.15, 0.2) is 0 Å². The van der Waals surface area contributed by atoms with Crippen molar-refractivity contribution < 1.29 is 18.3 Å². The quantitative estimate of drug-likeness (QED) is 0.886. The van der Waals surface area contributed by atoms with E-state index in [0.29, 0.717) is 0 Å². The molecule has 1 unspecified atom stereocenters. The van der Waals surface area contributed by atoms with Gasteiger partial charge < -0.3 is 5.11 Å². The summed E-state index contributed by atoms with van der Waals surface area (Å²) in [6, 6.07) is 2.11. The number of carbonyl (C=O) groups is 1. The lowest BCUT2D eigenvalue weighted by atomic mass is 9.95. The molecule has 0 spiro atoms. The smallest absolute Gasteiger partial charge is 0.321 e. The molecular formula is C11H17NO4S2. The Morgan fingerprint density at radius 2 is 1.94 bits per heavy atom.